The van der Waals surface area contributed by atoms with E-state index in [0.717, 1.165) is 16.9 Å². The first-order valence-electron chi connectivity index (χ1n) is 9.14. The number of esters is 1. The predicted octanol–water partition coefficient (Wildman–Crippen LogP) is 0.664. The number of aliphatic hydroxyl groups is 1. The van der Waals surface area contributed by atoms with E-state index in [4.69, 9.17) is 4.74 Å². The summed E-state index contributed by atoms with van der Waals surface area (Å²) in [6.07, 6.45) is 0.938. The van der Waals surface area contributed by atoms with Crippen LogP contribution >= 0.6 is 0 Å². The first kappa shape index (κ1) is 19.5. The highest BCUT2D eigenvalue weighted by molar-refractivity contribution is 6.09. The maximum Gasteiger partial charge on any atom is 0.329 e. The van der Waals surface area contributed by atoms with Crippen LogP contribution in [0.25, 0.3) is 0 Å². The summed E-state index contributed by atoms with van der Waals surface area (Å²) < 4.78 is 4.86. The highest BCUT2D eigenvalue weighted by atomic mass is 16.5. The van der Waals surface area contributed by atoms with Crippen molar-refractivity contribution in [1.29, 1.82) is 0 Å². The second kappa shape index (κ2) is 7.05. The summed E-state index contributed by atoms with van der Waals surface area (Å²) in [4.78, 5) is 39.0. The van der Waals surface area contributed by atoms with Crippen molar-refractivity contribution in [2.75, 3.05) is 20.8 Å². The predicted molar refractivity (Wildman–Crippen MR) is 97.5 cm³/mol. The lowest BCUT2D eigenvalue weighted by Crippen LogP contribution is -2.58. The fourth-order valence-corrected chi connectivity index (χ4v) is 4.35. The number of hydrogen-bond donors (Lipinski definition) is 2. The number of imide groups is 1. The van der Waals surface area contributed by atoms with E-state index in [0.29, 0.717) is 5.92 Å². The van der Waals surface area contributed by atoms with Gasteiger partial charge in [-0.15, -0.1) is 0 Å². The molecule has 0 aliphatic carbocycles. The number of aliphatic hydroxyl groups excluding tert-OH is 1. The Labute approximate surface area is 158 Å². The third-order valence-corrected chi connectivity index (χ3v) is 5.66. The fourth-order valence-electron chi connectivity index (χ4n) is 4.35. The summed E-state index contributed by atoms with van der Waals surface area (Å²) in [7, 11) is 2.61. The summed E-state index contributed by atoms with van der Waals surface area (Å²) in [5.41, 5.74) is 0.349. The molecule has 2 fully saturated rings. The van der Waals surface area contributed by atoms with E-state index >= 15 is 0 Å². The average molecular weight is 374 g/mol. The van der Waals surface area contributed by atoms with Gasteiger partial charge in [0.1, 0.15) is 0 Å². The van der Waals surface area contributed by atoms with Gasteiger partial charge in [0.15, 0.2) is 5.54 Å². The monoisotopic (exact) mass is 374 g/mol. The molecular weight excluding hydrogens is 348 g/mol. The van der Waals surface area contributed by atoms with E-state index in [1.807, 2.05) is 24.3 Å². The molecule has 2 aliphatic heterocycles. The van der Waals surface area contributed by atoms with Gasteiger partial charge in [0.25, 0.3) is 0 Å². The number of ether oxygens (including phenoxy) is 1. The van der Waals surface area contributed by atoms with E-state index < -0.39 is 41.9 Å². The van der Waals surface area contributed by atoms with Crippen LogP contribution < -0.4 is 5.32 Å². The van der Waals surface area contributed by atoms with Crippen molar-refractivity contribution in [2.24, 2.45) is 17.8 Å². The van der Waals surface area contributed by atoms with Gasteiger partial charge in [0, 0.05) is 13.1 Å². The number of nitrogens with one attached hydrogen (secondary N) is 1. The molecule has 1 aromatic carbocycles. The van der Waals surface area contributed by atoms with Gasteiger partial charge in [0.05, 0.1) is 25.6 Å². The number of carbonyl (C=O) groups excluding carboxylic acids is 3. The number of nitrogens with zero attached hydrogens (tertiary/aromatic N) is 1. The van der Waals surface area contributed by atoms with Gasteiger partial charge in [-0.05, 0) is 23.5 Å². The minimum Gasteiger partial charge on any atom is -0.468 e. The Hall–Kier alpha value is -2.25. The second-order valence-electron chi connectivity index (χ2n) is 7.82. The Balaban J connectivity index is 2.02. The molecule has 1 aromatic rings. The van der Waals surface area contributed by atoms with Crippen molar-refractivity contribution in [3.8, 4) is 0 Å². The van der Waals surface area contributed by atoms with Crippen molar-refractivity contribution < 1.29 is 24.2 Å². The molecule has 3 rings (SSSR count). The van der Waals surface area contributed by atoms with Crippen LogP contribution in [-0.2, 0) is 25.5 Å². The normalized spacial score (nSPS) is 30.1. The topological polar surface area (TPSA) is 95.9 Å². The van der Waals surface area contributed by atoms with Crippen LogP contribution in [0.3, 0.4) is 0 Å². The molecule has 0 aromatic heterocycles. The molecule has 7 heteroatoms. The number of amides is 2. The van der Waals surface area contributed by atoms with Gasteiger partial charge in [-0.1, -0.05) is 38.1 Å². The minimum atomic E-state index is -1.63. The first-order chi connectivity index (χ1) is 12.8. The van der Waals surface area contributed by atoms with Crippen molar-refractivity contribution in [2.45, 2.75) is 31.8 Å². The zero-order valence-corrected chi connectivity index (χ0v) is 16.1. The molecule has 2 N–H and O–H groups in total. The quantitative estimate of drug-likeness (QED) is 0.581. The van der Waals surface area contributed by atoms with Gasteiger partial charge < -0.3 is 9.84 Å². The molecule has 2 aliphatic rings. The average Bonchev–Trinajstić information content (AvgIpc) is 3.12. The maximum atomic E-state index is 12.7. The van der Waals surface area contributed by atoms with Crippen molar-refractivity contribution in [3.63, 3.8) is 0 Å². The Bertz CT molecular complexity index is 760. The molecule has 27 heavy (non-hydrogen) atoms. The van der Waals surface area contributed by atoms with Crippen LogP contribution in [0.4, 0.5) is 0 Å². The van der Waals surface area contributed by atoms with Crippen LogP contribution in [0.5, 0.6) is 0 Å². The number of benzene rings is 1. The van der Waals surface area contributed by atoms with Crippen LogP contribution in [0.15, 0.2) is 24.3 Å². The molecular formula is C20H26N2O5. The summed E-state index contributed by atoms with van der Waals surface area (Å²) in [5.74, 6) is -2.80. The van der Waals surface area contributed by atoms with E-state index in [-0.39, 0.29) is 5.91 Å². The summed E-state index contributed by atoms with van der Waals surface area (Å²) in [6.45, 7) is 3.65. The Morgan fingerprint density at radius 3 is 2.41 bits per heavy atom. The molecule has 0 saturated carbocycles. The van der Waals surface area contributed by atoms with Gasteiger partial charge in [-0.25, -0.2) is 4.79 Å². The molecule has 146 valence electrons. The summed E-state index contributed by atoms with van der Waals surface area (Å²) >= 11 is 0. The molecule has 2 saturated heterocycles. The zero-order chi connectivity index (χ0) is 19.9. The van der Waals surface area contributed by atoms with E-state index in [1.165, 1.54) is 19.7 Å². The van der Waals surface area contributed by atoms with Gasteiger partial charge >= 0.3 is 5.97 Å². The SMILES string of the molecule is COC(=O)[C@@]1(CO)N[C@@H](c2ccc(CC(C)C)cc2)[C@H]2C(=O)N(C)C(=O)[C@H]21. The molecule has 0 radical (unpaired) electrons. The fraction of sp³-hybridized carbons (Fsp3) is 0.550. The van der Waals surface area contributed by atoms with Crippen LogP contribution in [0.1, 0.15) is 31.0 Å². The van der Waals surface area contributed by atoms with Crippen molar-refractivity contribution in [3.05, 3.63) is 35.4 Å². The van der Waals surface area contributed by atoms with Gasteiger partial charge in [0.2, 0.25) is 11.8 Å². The maximum absolute atomic E-state index is 12.7. The highest BCUT2D eigenvalue weighted by Crippen LogP contribution is 2.48. The molecule has 0 unspecified atom stereocenters. The molecule has 4 atom stereocenters. The summed E-state index contributed by atoms with van der Waals surface area (Å²) in [6, 6.07) is 7.25. The smallest absolute Gasteiger partial charge is 0.329 e. The number of likely N-dealkylation sites (tertiary alicyclic amines) is 1. The summed E-state index contributed by atoms with van der Waals surface area (Å²) in [5, 5.41) is 13.1. The lowest BCUT2D eigenvalue weighted by atomic mass is 9.79. The molecule has 0 spiro atoms. The third kappa shape index (κ3) is 2.95. The van der Waals surface area contributed by atoms with Crippen LogP contribution in [0.2, 0.25) is 0 Å². The number of carbonyl (C=O) groups is 3. The third-order valence-electron chi connectivity index (χ3n) is 5.66. The molecule has 7 nitrogen and oxygen atoms in total. The Morgan fingerprint density at radius 1 is 1.26 bits per heavy atom. The lowest BCUT2D eigenvalue weighted by molar-refractivity contribution is -0.156. The van der Waals surface area contributed by atoms with Gasteiger partial charge in [-0.3, -0.25) is 19.8 Å². The van der Waals surface area contributed by atoms with Gasteiger partial charge in [-0.2, -0.15) is 0 Å². The van der Waals surface area contributed by atoms with Crippen molar-refractivity contribution in [1.82, 2.24) is 10.2 Å². The lowest BCUT2D eigenvalue weighted by Gasteiger charge is -2.30. The number of hydrogen-bond acceptors (Lipinski definition) is 6. The molecule has 2 heterocycles. The number of methoxy groups -OCH3 is 1. The van der Waals surface area contributed by atoms with Crippen LogP contribution in [0, 0.1) is 17.8 Å². The first-order valence-corrected chi connectivity index (χ1v) is 9.14. The Morgan fingerprint density at radius 2 is 1.89 bits per heavy atom. The zero-order valence-electron chi connectivity index (χ0n) is 16.1. The second-order valence-corrected chi connectivity index (χ2v) is 7.82. The minimum absolute atomic E-state index is 0.354. The van der Waals surface area contributed by atoms with E-state index in [2.05, 4.69) is 19.2 Å². The largest absolute Gasteiger partial charge is 0.468 e. The van der Waals surface area contributed by atoms with E-state index in [1.54, 1.807) is 0 Å². The molecule has 0 bridgehead atoms. The van der Waals surface area contributed by atoms with E-state index in [9.17, 15) is 19.5 Å². The highest BCUT2D eigenvalue weighted by Gasteiger charge is 2.68. The number of rotatable bonds is 5. The number of fused-ring (bicyclic) bond motifs is 1. The standard InChI is InChI=1S/C20H26N2O5/c1-11(2)9-12-5-7-13(8-6-12)16-14-15(18(25)22(3)17(14)24)20(10-23,21-16)19(26)27-4/h5-8,11,14-16,21,23H,9-10H2,1-4H3/t14-,15-,16-,20-/m0/s1. The van der Waals surface area contributed by atoms with Crippen LogP contribution in [-0.4, -0.2) is 54.1 Å². The van der Waals surface area contributed by atoms with Crippen molar-refractivity contribution >= 4 is 17.8 Å². The molecule has 2 amide bonds. The Kier molecular flexibility index (Phi) is 5.10.